The van der Waals surface area contributed by atoms with Gasteiger partial charge in [-0.2, -0.15) is 5.10 Å². The van der Waals surface area contributed by atoms with Gasteiger partial charge >= 0.3 is 11.8 Å². The maximum Gasteiger partial charge on any atom is 0.313 e. The molecule has 1 aromatic carbocycles. The van der Waals surface area contributed by atoms with Crippen LogP contribution in [0.1, 0.15) is 43.2 Å². The zero-order valence-electron chi connectivity index (χ0n) is 17.1. The number of rotatable bonds is 4. The molecule has 0 radical (unpaired) electrons. The number of aryl methyl sites for hydroxylation is 1. The van der Waals surface area contributed by atoms with E-state index in [2.05, 4.69) is 27.7 Å². The van der Waals surface area contributed by atoms with Crippen LogP contribution < -0.4 is 10.6 Å². The molecule has 2 amide bonds. The molecule has 7 heteroatoms. The molecule has 2 fully saturated rings. The lowest BCUT2D eigenvalue weighted by Gasteiger charge is -2.31. The predicted octanol–water partition coefficient (Wildman–Crippen LogP) is 2.31. The summed E-state index contributed by atoms with van der Waals surface area (Å²) in [6.07, 6.45) is 9.62. The molecule has 2 N–H and O–H groups in total. The van der Waals surface area contributed by atoms with Crippen LogP contribution in [0.25, 0.3) is 0 Å². The van der Waals surface area contributed by atoms with Crippen molar-refractivity contribution >= 4 is 17.5 Å². The second kappa shape index (κ2) is 7.99. The molecule has 4 rings (SSSR count). The smallest absolute Gasteiger partial charge is 0.313 e. The quantitative estimate of drug-likeness (QED) is 0.779. The molecular formula is C22H29N5O2. The Morgan fingerprint density at radius 3 is 2.55 bits per heavy atom. The minimum atomic E-state index is -0.615. The Labute approximate surface area is 171 Å². The fourth-order valence-electron chi connectivity index (χ4n) is 4.79. The Balaban J connectivity index is 1.29. The van der Waals surface area contributed by atoms with Crippen molar-refractivity contribution in [1.82, 2.24) is 20.0 Å². The Morgan fingerprint density at radius 2 is 1.90 bits per heavy atom. The van der Waals surface area contributed by atoms with Crippen molar-refractivity contribution in [3.05, 3.63) is 47.8 Å². The number of amides is 2. The van der Waals surface area contributed by atoms with Crippen molar-refractivity contribution in [1.29, 1.82) is 0 Å². The van der Waals surface area contributed by atoms with Crippen LogP contribution in [-0.2, 0) is 16.1 Å². The van der Waals surface area contributed by atoms with Crippen molar-refractivity contribution in [2.45, 2.75) is 57.2 Å². The molecule has 1 spiro atoms. The van der Waals surface area contributed by atoms with Gasteiger partial charge in [0.05, 0.1) is 12.7 Å². The third kappa shape index (κ3) is 4.34. The van der Waals surface area contributed by atoms with E-state index >= 15 is 0 Å². The van der Waals surface area contributed by atoms with Crippen molar-refractivity contribution in [2.75, 3.05) is 18.9 Å². The summed E-state index contributed by atoms with van der Waals surface area (Å²) >= 11 is 0. The summed E-state index contributed by atoms with van der Waals surface area (Å²) in [4.78, 5) is 27.1. The number of carbonyl (C=O) groups is 2. The van der Waals surface area contributed by atoms with Gasteiger partial charge in [0.1, 0.15) is 0 Å². The Morgan fingerprint density at radius 1 is 1.17 bits per heavy atom. The molecule has 1 aliphatic carbocycles. The van der Waals surface area contributed by atoms with Gasteiger partial charge in [0.25, 0.3) is 0 Å². The first-order valence-electron chi connectivity index (χ1n) is 10.3. The van der Waals surface area contributed by atoms with Crippen LogP contribution in [0, 0.1) is 6.92 Å². The second-order valence-electron chi connectivity index (χ2n) is 8.55. The highest BCUT2D eigenvalue weighted by Crippen LogP contribution is 2.42. The lowest BCUT2D eigenvalue weighted by molar-refractivity contribution is -0.136. The van der Waals surface area contributed by atoms with Crippen LogP contribution in [0.5, 0.6) is 0 Å². The molecule has 1 aliphatic heterocycles. The number of hydrogen-bond acceptors (Lipinski definition) is 4. The SMILES string of the molecule is Cc1cnn(Cc2ccc(NC(=O)C(=O)NC3CN(C)C4(CCCC4)C3)cc2)c1. The molecule has 0 bridgehead atoms. The number of aromatic nitrogens is 2. The monoisotopic (exact) mass is 395 g/mol. The highest BCUT2D eigenvalue weighted by molar-refractivity contribution is 6.39. The van der Waals surface area contributed by atoms with Crippen molar-refractivity contribution in [3.8, 4) is 0 Å². The van der Waals surface area contributed by atoms with E-state index in [1.165, 1.54) is 25.7 Å². The molecule has 7 nitrogen and oxygen atoms in total. The zero-order chi connectivity index (χ0) is 20.4. The first kappa shape index (κ1) is 19.6. The van der Waals surface area contributed by atoms with Gasteiger partial charge in [-0.3, -0.25) is 19.2 Å². The van der Waals surface area contributed by atoms with Crippen LogP contribution in [0.3, 0.4) is 0 Å². The van der Waals surface area contributed by atoms with Gasteiger partial charge in [0, 0.05) is 30.0 Å². The normalized spacial score (nSPS) is 20.8. The summed E-state index contributed by atoms with van der Waals surface area (Å²) in [7, 11) is 2.13. The summed E-state index contributed by atoms with van der Waals surface area (Å²) in [6.45, 7) is 3.48. The number of hydrogen-bond donors (Lipinski definition) is 2. The lowest BCUT2D eigenvalue weighted by Crippen LogP contribution is -2.42. The van der Waals surface area contributed by atoms with Crippen LogP contribution in [0.2, 0.25) is 0 Å². The summed E-state index contributed by atoms with van der Waals surface area (Å²) in [5.41, 5.74) is 3.03. The van der Waals surface area contributed by atoms with E-state index in [1.54, 1.807) is 0 Å². The lowest BCUT2D eigenvalue weighted by atomic mass is 9.93. The van der Waals surface area contributed by atoms with Gasteiger partial charge in [0.15, 0.2) is 0 Å². The molecule has 2 aliphatic rings. The first-order valence-corrected chi connectivity index (χ1v) is 10.3. The topological polar surface area (TPSA) is 79.3 Å². The molecule has 2 heterocycles. The van der Waals surface area contributed by atoms with E-state index in [1.807, 2.05) is 48.3 Å². The summed E-state index contributed by atoms with van der Waals surface area (Å²) in [5, 5.41) is 9.89. The second-order valence-corrected chi connectivity index (χ2v) is 8.55. The van der Waals surface area contributed by atoms with Gasteiger partial charge < -0.3 is 10.6 Å². The predicted molar refractivity (Wildman–Crippen MR) is 112 cm³/mol. The van der Waals surface area contributed by atoms with Crippen molar-refractivity contribution in [3.63, 3.8) is 0 Å². The van der Waals surface area contributed by atoms with Crippen LogP contribution in [0.15, 0.2) is 36.7 Å². The summed E-state index contributed by atoms with van der Waals surface area (Å²) in [5.74, 6) is -1.18. The fraction of sp³-hybridized carbons (Fsp3) is 0.500. The number of nitrogens with zero attached hydrogens (tertiary/aromatic N) is 3. The van der Waals surface area contributed by atoms with Crippen LogP contribution in [0.4, 0.5) is 5.69 Å². The van der Waals surface area contributed by atoms with Gasteiger partial charge in [0.2, 0.25) is 0 Å². The molecule has 1 atom stereocenters. The molecular weight excluding hydrogens is 366 g/mol. The van der Waals surface area contributed by atoms with E-state index in [4.69, 9.17) is 0 Å². The number of likely N-dealkylation sites (N-methyl/N-ethyl adjacent to an activating group) is 1. The molecule has 1 unspecified atom stereocenters. The van der Waals surface area contributed by atoms with E-state index in [-0.39, 0.29) is 11.6 Å². The molecule has 1 saturated heterocycles. The minimum absolute atomic E-state index is 0.0382. The van der Waals surface area contributed by atoms with Crippen molar-refractivity contribution < 1.29 is 9.59 Å². The van der Waals surface area contributed by atoms with Gasteiger partial charge in [-0.05, 0) is 56.5 Å². The number of benzene rings is 1. The Bertz CT molecular complexity index is 883. The molecule has 29 heavy (non-hydrogen) atoms. The number of anilines is 1. The minimum Gasteiger partial charge on any atom is -0.344 e. The molecule has 1 saturated carbocycles. The number of carbonyl (C=O) groups excluding carboxylic acids is 2. The Hall–Kier alpha value is -2.67. The molecule has 1 aromatic heterocycles. The maximum absolute atomic E-state index is 12.4. The highest BCUT2D eigenvalue weighted by atomic mass is 16.2. The fourth-order valence-corrected chi connectivity index (χ4v) is 4.79. The number of likely N-dealkylation sites (tertiary alicyclic amines) is 1. The third-order valence-electron chi connectivity index (χ3n) is 6.32. The van der Waals surface area contributed by atoms with E-state index in [0.29, 0.717) is 12.2 Å². The van der Waals surface area contributed by atoms with Crippen LogP contribution in [-0.4, -0.2) is 51.7 Å². The highest BCUT2D eigenvalue weighted by Gasteiger charge is 2.45. The standard InChI is InChI=1S/C22H29N5O2/c1-16-12-23-27(13-16)14-17-5-7-18(8-6-17)24-20(28)21(29)25-19-11-22(26(2)15-19)9-3-4-10-22/h5-8,12-13,19H,3-4,9-11,14-15H2,1-2H3,(H,24,28)(H,25,29). The van der Waals surface area contributed by atoms with E-state index in [9.17, 15) is 9.59 Å². The first-order chi connectivity index (χ1) is 13.9. The van der Waals surface area contributed by atoms with Gasteiger partial charge in [-0.25, -0.2) is 0 Å². The van der Waals surface area contributed by atoms with Crippen molar-refractivity contribution in [2.24, 2.45) is 0 Å². The molecule has 2 aromatic rings. The van der Waals surface area contributed by atoms with Gasteiger partial charge in [-0.15, -0.1) is 0 Å². The van der Waals surface area contributed by atoms with E-state index in [0.717, 1.165) is 24.1 Å². The Kier molecular flexibility index (Phi) is 5.41. The van der Waals surface area contributed by atoms with Crippen LogP contribution >= 0.6 is 0 Å². The summed E-state index contributed by atoms with van der Waals surface area (Å²) < 4.78 is 1.87. The summed E-state index contributed by atoms with van der Waals surface area (Å²) in [6, 6.07) is 7.53. The largest absolute Gasteiger partial charge is 0.344 e. The van der Waals surface area contributed by atoms with Gasteiger partial charge in [-0.1, -0.05) is 25.0 Å². The van der Waals surface area contributed by atoms with E-state index < -0.39 is 11.8 Å². The molecule has 154 valence electrons. The maximum atomic E-state index is 12.4. The third-order valence-corrected chi connectivity index (χ3v) is 6.32. The number of nitrogens with one attached hydrogen (secondary N) is 2. The average Bonchev–Trinajstić information content (AvgIpc) is 3.39. The average molecular weight is 396 g/mol. The zero-order valence-corrected chi connectivity index (χ0v) is 17.1.